The molecule has 1 atom stereocenters. The van der Waals surface area contributed by atoms with Crippen molar-refractivity contribution in [3.63, 3.8) is 0 Å². The highest BCUT2D eigenvalue weighted by molar-refractivity contribution is 5.83. The van der Waals surface area contributed by atoms with Gasteiger partial charge in [-0.2, -0.15) is 0 Å². The van der Waals surface area contributed by atoms with Gasteiger partial charge in [-0.25, -0.2) is 0 Å². The van der Waals surface area contributed by atoms with Gasteiger partial charge in [0.15, 0.2) is 6.10 Å². The zero-order valence-electron chi connectivity index (χ0n) is 11.6. The summed E-state index contributed by atoms with van der Waals surface area (Å²) in [6.45, 7) is 1.57. The number of hydrogen-bond acceptors (Lipinski definition) is 4. The molecule has 1 unspecified atom stereocenters. The normalized spacial score (nSPS) is 11.7. The second-order valence-corrected chi connectivity index (χ2v) is 4.61. The second-order valence-electron chi connectivity index (χ2n) is 4.61. The fraction of sp³-hybridized carbons (Fsp3) is 0.429. The van der Waals surface area contributed by atoms with Crippen LogP contribution in [-0.2, 0) is 20.7 Å². The minimum absolute atomic E-state index is 0.221. The van der Waals surface area contributed by atoms with Gasteiger partial charge < -0.3 is 15.4 Å². The SMILES string of the molecule is CC(OC(=O)CCc1ccc(N)cc1)C(=O)N(C)C. The van der Waals surface area contributed by atoms with E-state index in [0.29, 0.717) is 12.1 Å². The van der Waals surface area contributed by atoms with Crippen LogP contribution in [0.4, 0.5) is 5.69 Å². The Kier molecular flexibility index (Phi) is 5.36. The molecule has 0 spiro atoms. The Hall–Kier alpha value is -2.04. The summed E-state index contributed by atoms with van der Waals surface area (Å²) in [6.07, 6.45) is 0.0747. The summed E-state index contributed by atoms with van der Waals surface area (Å²) in [5.41, 5.74) is 7.28. The van der Waals surface area contributed by atoms with Crippen molar-refractivity contribution >= 4 is 17.6 Å². The maximum atomic E-state index is 11.6. The largest absolute Gasteiger partial charge is 0.453 e. The van der Waals surface area contributed by atoms with Gasteiger partial charge >= 0.3 is 5.97 Å². The first-order valence-electron chi connectivity index (χ1n) is 6.15. The highest BCUT2D eigenvalue weighted by atomic mass is 16.5. The molecule has 2 N–H and O–H groups in total. The molecule has 5 heteroatoms. The van der Waals surface area contributed by atoms with Crippen molar-refractivity contribution < 1.29 is 14.3 Å². The van der Waals surface area contributed by atoms with Gasteiger partial charge in [-0.1, -0.05) is 12.1 Å². The Morgan fingerprint density at radius 1 is 1.26 bits per heavy atom. The van der Waals surface area contributed by atoms with Gasteiger partial charge in [0.1, 0.15) is 0 Å². The zero-order valence-corrected chi connectivity index (χ0v) is 11.6. The van der Waals surface area contributed by atoms with Crippen molar-refractivity contribution in [2.75, 3.05) is 19.8 Å². The number of nitrogens with two attached hydrogens (primary N) is 1. The number of esters is 1. The van der Waals surface area contributed by atoms with Crippen LogP contribution >= 0.6 is 0 Å². The molecule has 0 aliphatic carbocycles. The van der Waals surface area contributed by atoms with Gasteiger partial charge in [-0.15, -0.1) is 0 Å². The van der Waals surface area contributed by atoms with E-state index in [9.17, 15) is 9.59 Å². The summed E-state index contributed by atoms with van der Waals surface area (Å²) in [7, 11) is 3.25. The lowest BCUT2D eigenvalue weighted by atomic mass is 10.1. The molecule has 1 aromatic rings. The molecule has 0 aliphatic rings. The molecule has 0 saturated carbocycles. The standard InChI is InChI=1S/C14H20N2O3/c1-10(14(18)16(2)3)19-13(17)9-6-11-4-7-12(15)8-5-11/h4-5,7-8,10H,6,9,15H2,1-3H3. The number of carbonyl (C=O) groups is 2. The summed E-state index contributed by atoms with van der Waals surface area (Å²) >= 11 is 0. The summed E-state index contributed by atoms with van der Waals surface area (Å²) in [5, 5.41) is 0. The van der Waals surface area contributed by atoms with Crippen LogP contribution in [0.25, 0.3) is 0 Å². The predicted molar refractivity (Wildman–Crippen MR) is 73.4 cm³/mol. The Labute approximate surface area is 113 Å². The third kappa shape index (κ3) is 4.99. The van der Waals surface area contributed by atoms with Crippen LogP contribution in [0, 0.1) is 0 Å². The number of carbonyl (C=O) groups excluding carboxylic acids is 2. The van der Waals surface area contributed by atoms with Gasteiger partial charge in [0.05, 0.1) is 0 Å². The van der Waals surface area contributed by atoms with E-state index < -0.39 is 6.10 Å². The number of rotatable bonds is 5. The number of benzene rings is 1. The maximum absolute atomic E-state index is 11.6. The highest BCUT2D eigenvalue weighted by Crippen LogP contribution is 2.08. The van der Waals surface area contributed by atoms with Crippen LogP contribution in [0.15, 0.2) is 24.3 Å². The number of ether oxygens (including phenoxy) is 1. The van der Waals surface area contributed by atoms with E-state index in [-0.39, 0.29) is 18.3 Å². The van der Waals surface area contributed by atoms with Gasteiger partial charge in [-0.05, 0) is 31.0 Å². The second kappa shape index (κ2) is 6.78. The highest BCUT2D eigenvalue weighted by Gasteiger charge is 2.18. The van der Waals surface area contributed by atoms with Crippen LogP contribution in [0.1, 0.15) is 18.9 Å². The van der Waals surface area contributed by atoms with E-state index in [0.717, 1.165) is 5.56 Å². The number of hydrogen-bond donors (Lipinski definition) is 1. The Bertz CT molecular complexity index is 441. The molecule has 0 saturated heterocycles. The average molecular weight is 264 g/mol. The smallest absolute Gasteiger partial charge is 0.306 e. The molecule has 1 amide bonds. The third-order valence-electron chi connectivity index (χ3n) is 2.69. The van der Waals surface area contributed by atoms with Crippen molar-refractivity contribution in [3.8, 4) is 0 Å². The molecule has 0 heterocycles. The molecule has 0 aliphatic heterocycles. The fourth-order valence-electron chi connectivity index (χ4n) is 1.60. The molecule has 0 radical (unpaired) electrons. The maximum Gasteiger partial charge on any atom is 0.306 e. The van der Waals surface area contributed by atoms with Crippen molar-refractivity contribution in [3.05, 3.63) is 29.8 Å². The molecule has 5 nitrogen and oxygen atoms in total. The van der Waals surface area contributed by atoms with Crippen LogP contribution < -0.4 is 5.73 Å². The summed E-state index contributed by atoms with van der Waals surface area (Å²) in [4.78, 5) is 24.5. The molecule has 0 fully saturated rings. The number of nitrogen functional groups attached to an aromatic ring is 1. The van der Waals surface area contributed by atoms with E-state index in [1.807, 2.05) is 12.1 Å². The van der Waals surface area contributed by atoms with E-state index in [4.69, 9.17) is 10.5 Å². The quantitative estimate of drug-likeness (QED) is 0.641. The van der Waals surface area contributed by atoms with Crippen molar-refractivity contribution in [2.24, 2.45) is 0 Å². The minimum Gasteiger partial charge on any atom is -0.453 e. The van der Waals surface area contributed by atoms with Crippen LogP contribution in [0.5, 0.6) is 0 Å². The van der Waals surface area contributed by atoms with Gasteiger partial charge in [-0.3, -0.25) is 9.59 Å². The van der Waals surface area contributed by atoms with E-state index in [1.165, 1.54) is 4.90 Å². The number of nitrogens with zero attached hydrogens (tertiary/aromatic N) is 1. The van der Waals surface area contributed by atoms with E-state index in [1.54, 1.807) is 33.2 Å². The molecule has 0 bridgehead atoms. The van der Waals surface area contributed by atoms with Crippen LogP contribution in [0.3, 0.4) is 0 Å². The average Bonchev–Trinajstić information content (AvgIpc) is 2.37. The third-order valence-corrected chi connectivity index (χ3v) is 2.69. The molecule has 19 heavy (non-hydrogen) atoms. The summed E-state index contributed by atoms with van der Waals surface area (Å²) in [6, 6.07) is 7.33. The predicted octanol–water partition coefficient (Wildman–Crippen LogP) is 1.22. The Balaban J connectivity index is 2.39. The van der Waals surface area contributed by atoms with E-state index in [2.05, 4.69) is 0 Å². The van der Waals surface area contributed by atoms with Crippen LogP contribution in [0.2, 0.25) is 0 Å². The number of anilines is 1. The zero-order chi connectivity index (χ0) is 14.4. The lowest BCUT2D eigenvalue weighted by Gasteiger charge is -2.17. The van der Waals surface area contributed by atoms with Gasteiger partial charge in [0.25, 0.3) is 5.91 Å². The molecule has 1 rings (SSSR count). The lowest BCUT2D eigenvalue weighted by Crippen LogP contribution is -2.34. The Morgan fingerprint density at radius 3 is 2.37 bits per heavy atom. The van der Waals surface area contributed by atoms with E-state index >= 15 is 0 Å². The first-order chi connectivity index (χ1) is 8.90. The topological polar surface area (TPSA) is 72.6 Å². The van der Waals surface area contributed by atoms with Crippen molar-refractivity contribution in [2.45, 2.75) is 25.9 Å². The first-order valence-corrected chi connectivity index (χ1v) is 6.15. The molecule has 104 valence electrons. The summed E-state index contributed by atoms with van der Waals surface area (Å²) in [5.74, 6) is -0.597. The van der Waals surface area contributed by atoms with Gasteiger partial charge in [0, 0.05) is 26.2 Å². The first kappa shape index (κ1) is 15.0. The number of aryl methyl sites for hydroxylation is 1. The Morgan fingerprint density at radius 2 is 1.84 bits per heavy atom. The minimum atomic E-state index is -0.742. The van der Waals surface area contributed by atoms with Gasteiger partial charge in [0.2, 0.25) is 0 Å². The van der Waals surface area contributed by atoms with Crippen molar-refractivity contribution in [1.29, 1.82) is 0 Å². The number of likely N-dealkylation sites (N-methyl/N-ethyl adjacent to an activating group) is 1. The lowest BCUT2D eigenvalue weighted by molar-refractivity contribution is -0.157. The monoisotopic (exact) mass is 264 g/mol. The van der Waals surface area contributed by atoms with Crippen LogP contribution in [-0.4, -0.2) is 37.0 Å². The van der Waals surface area contributed by atoms with Crippen molar-refractivity contribution in [1.82, 2.24) is 4.90 Å². The fourth-order valence-corrected chi connectivity index (χ4v) is 1.60. The molecular weight excluding hydrogens is 244 g/mol. The molecular formula is C14H20N2O3. The molecule has 0 aromatic heterocycles. The molecule has 1 aromatic carbocycles. The number of amides is 1. The summed E-state index contributed by atoms with van der Waals surface area (Å²) < 4.78 is 5.06.